The van der Waals surface area contributed by atoms with Gasteiger partial charge >= 0.3 is 0 Å². The first-order valence-corrected chi connectivity index (χ1v) is 7.38. The monoisotopic (exact) mass is 265 g/mol. The maximum Gasteiger partial charge on any atom is 0.129 e. The predicted molar refractivity (Wildman–Crippen MR) is 76.1 cm³/mol. The first kappa shape index (κ1) is 14.3. The highest BCUT2D eigenvalue weighted by molar-refractivity contribution is 5.27. The van der Waals surface area contributed by atoms with E-state index in [2.05, 4.69) is 5.32 Å². The first-order chi connectivity index (χ1) is 9.25. The molecular weight excluding hydrogens is 241 g/mol. The maximum atomic E-state index is 13.3. The lowest BCUT2D eigenvalue weighted by Gasteiger charge is -2.16. The van der Waals surface area contributed by atoms with Gasteiger partial charge in [-0.15, -0.1) is 0 Å². The van der Waals surface area contributed by atoms with Crippen molar-refractivity contribution in [1.82, 2.24) is 5.32 Å². The summed E-state index contributed by atoms with van der Waals surface area (Å²) in [5.74, 6) is 0.417. The molecule has 2 nitrogen and oxygen atoms in total. The zero-order valence-electron chi connectivity index (χ0n) is 11.8. The Morgan fingerprint density at radius 3 is 2.63 bits per heavy atom. The van der Waals surface area contributed by atoms with Crippen LogP contribution in [0, 0.1) is 12.7 Å². The largest absolute Gasteiger partial charge is 0.492 e. The smallest absolute Gasteiger partial charge is 0.129 e. The molecule has 0 heterocycles. The Morgan fingerprint density at radius 2 is 1.95 bits per heavy atom. The molecule has 3 heteroatoms. The summed E-state index contributed by atoms with van der Waals surface area (Å²) in [5, 5.41) is 3.54. The van der Waals surface area contributed by atoms with E-state index in [4.69, 9.17) is 4.74 Å². The molecule has 0 amide bonds. The van der Waals surface area contributed by atoms with Crippen molar-refractivity contribution in [2.45, 2.75) is 51.5 Å². The Hall–Kier alpha value is -1.09. The normalized spacial score (nSPS) is 17.2. The third-order valence-electron chi connectivity index (χ3n) is 3.80. The van der Waals surface area contributed by atoms with Crippen molar-refractivity contribution in [3.05, 3.63) is 29.6 Å². The molecule has 1 aliphatic rings. The van der Waals surface area contributed by atoms with Crippen molar-refractivity contribution in [3.8, 4) is 5.75 Å². The molecule has 0 aliphatic heterocycles. The molecule has 0 saturated heterocycles. The summed E-state index contributed by atoms with van der Waals surface area (Å²) in [6.45, 7) is 3.19. The second-order valence-corrected chi connectivity index (χ2v) is 5.40. The molecule has 1 aliphatic carbocycles. The van der Waals surface area contributed by atoms with Crippen LogP contribution in [0.4, 0.5) is 4.39 Å². The van der Waals surface area contributed by atoms with Crippen LogP contribution in [-0.2, 0) is 0 Å². The molecule has 0 radical (unpaired) electrons. The van der Waals surface area contributed by atoms with Gasteiger partial charge in [-0.25, -0.2) is 4.39 Å². The summed E-state index contributed by atoms with van der Waals surface area (Å²) in [6.07, 6.45) is 7.97. The van der Waals surface area contributed by atoms with Crippen molar-refractivity contribution in [3.63, 3.8) is 0 Å². The van der Waals surface area contributed by atoms with Crippen molar-refractivity contribution in [2.24, 2.45) is 0 Å². The van der Waals surface area contributed by atoms with Gasteiger partial charge in [-0.2, -0.15) is 0 Å². The molecule has 1 N–H and O–H groups in total. The number of halogens is 1. The second kappa shape index (κ2) is 7.49. The highest BCUT2D eigenvalue weighted by Gasteiger charge is 2.10. The van der Waals surface area contributed by atoms with Crippen LogP contribution in [-0.4, -0.2) is 19.2 Å². The average Bonchev–Trinajstić information content (AvgIpc) is 2.67. The Morgan fingerprint density at radius 1 is 1.21 bits per heavy atom. The van der Waals surface area contributed by atoms with E-state index in [9.17, 15) is 4.39 Å². The van der Waals surface area contributed by atoms with Crippen molar-refractivity contribution in [1.29, 1.82) is 0 Å². The van der Waals surface area contributed by atoms with Crippen LogP contribution >= 0.6 is 0 Å². The van der Waals surface area contributed by atoms with E-state index in [0.717, 1.165) is 6.54 Å². The molecule has 19 heavy (non-hydrogen) atoms. The zero-order chi connectivity index (χ0) is 13.5. The quantitative estimate of drug-likeness (QED) is 0.645. The lowest BCUT2D eigenvalue weighted by atomic mass is 10.1. The van der Waals surface area contributed by atoms with E-state index in [0.29, 0.717) is 24.0 Å². The minimum absolute atomic E-state index is 0.200. The van der Waals surface area contributed by atoms with Gasteiger partial charge in [0.25, 0.3) is 0 Å². The molecule has 0 bridgehead atoms. The van der Waals surface area contributed by atoms with Gasteiger partial charge < -0.3 is 10.1 Å². The SMILES string of the molecule is Cc1ccc(OCCNC2CCCCCC2)cc1F. The topological polar surface area (TPSA) is 21.3 Å². The van der Waals surface area contributed by atoms with E-state index in [1.807, 2.05) is 6.07 Å². The Balaban J connectivity index is 1.67. The fourth-order valence-electron chi connectivity index (χ4n) is 2.58. The van der Waals surface area contributed by atoms with E-state index in [1.54, 1.807) is 13.0 Å². The molecule has 1 fully saturated rings. The molecule has 1 saturated carbocycles. The minimum Gasteiger partial charge on any atom is -0.492 e. The van der Waals surface area contributed by atoms with Crippen LogP contribution in [0.5, 0.6) is 5.75 Å². The van der Waals surface area contributed by atoms with Crippen LogP contribution in [0.1, 0.15) is 44.1 Å². The highest BCUT2D eigenvalue weighted by Crippen LogP contribution is 2.17. The fourth-order valence-corrected chi connectivity index (χ4v) is 2.58. The molecule has 0 atom stereocenters. The average molecular weight is 265 g/mol. The van der Waals surface area contributed by atoms with Gasteiger partial charge in [-0.05, 0) is 31.4 Å². The van der Waals surface area contributed by atoms with E-state index >= 15 is 0 Å². The van der Waals surface area contributed by atoms with E-state index in [1.165, 1.54) is 44.6 Å². The summed E-state index contributed by atoms with van der Waals surface area (Å²) in [5.41, 5.74) is 0.656. The molecule has 106 valence electrons. The summed E-state index contributed by atoms with van der Waals surface area (Å²) < 4.78 is 18.9. The third kappa shape index (κ3) is 4.83. The van der Waals surface area contributed by atoms with Crippen LogP contribution in [0.25, 0.3) is 0 Å². The summed E-state index contributed by atoms with van der Waals surface area (Å²) in [7, 11) is 0. The Labute approximate surface area is 115 Å². The molecule has 1 aromatic rings. The first-order valence-electron chi connectivity index (χ1n) is 7.38. The Bertz CT molecular complexity index is 386. The van der Waals surface area contributed by atoms with Crippen molar-refractivity contribution < 1.29 is 9.13 Å². The van der Waals surface area contributed by atoms with Crippen molar-refractivity contribution >= 4 is 0 Å². The summed E-state index contributed by atoms with van der Waals surface area (Å²) in [6, 6.07) is 5.68. The van der Waals surface area contributed by atoms with E-state index in [-0.39, 0.29) is 5.82 Å². The van der Waals surface area contributed by atoms with Gasteiger partial charge in [0, 0.05) is 18.7 Å². The number of hydrogen-bond acceptors (Lipinski definition) is 2. The van der Waals surface area contributed by atoms with Gasteiger partial charge in [0.2, 0.25) is 0 Å². The third-order valence-corrected chi connectivity index (χ3v) is 3.80. The van der Waals surface area contributed by atoms with E-state index < -0.39 is 0 Å². The summed E-state index contributed by atoms with van der Waals surface area (Å²) >= 11 is 0. The number of nitrogens with one attached hydrogen (secondary N) is 1. The molecular formula is C16H24FNO. The number of ether oxygens (including phenoxy) is 1. The number of benzene rings is 1. The van der Waals surface area contributed by atoms with Crippen molar-refractivity contribution in [2.75, 3.05) is 13.2 Å². The molecule has 0 aromatic heterocycles. The van der Waals surface area contributed by atoms with Gasteiger partial charge in [0.1, 0.15) is 18.2 Å². The molecule has 0 unspecified atom stereocenters. The predicted octanol–water partition coefficient (Wildman–Crippen LogP) is 3.83. The van der Waals surface area contributed by atoms with Crippen LogP contribution in [0.2, 0.25) is 0 Å². The van der Waals surface area contributed by atoms with Gasteiger partial charge in [0.05, 0.1) is 0 Å². The highest BCUT2D eigenvalue weighted by atomic mass is 19.1. The van der Waals surface area contributed by atoms with Crippen LogP contribution in [0.15, 0.2) is 18.2 Å². The van der Waals surface area contributed by atoms with Gasteiger partial charge in [-0.1, -0.05) is 31.7 Å². The van der Waals surface area contributed by atoms with Crippen LogP contribution < -0.4 is 10.1 Å². The van der Waals surface area contributed by atoms with Gasteiger partial charge in [-0.3, -0.25) is 0 Å². The van der Waals surface area contributed by atoms with Gasteiger partial charge in [0.15, 0.2) is 0 Å². The van der Waals surface area contributed by atoms with Crippen LogP contribution in [0.3, 0.4) is 0 Å². The molecule has 0 spiro atoms. The lowest BCUT2D eigenvalue weighted by molar-refractivity contribution is 0.299. The number of hydrogen-bond donors (Lipinski definition) is 1. The summed E-state index contributed by atoms with van der Waals surface area (Å²) in [4.78, 5) is 0. The lowest BCUT2D eigenvalue weighted by Crippen LogP contribution is -2.32. The molecule has 1 aromatic carbocycles. The minimum atomic E-state index is -0.200. The zero-order valence-corrected chi connectivity index (χ0v) is 11.8. The fraction of sp³-hybridized carbons (Fsp3) is 0.625. The maximum absolute atomic E-state index is 13.3. The number of rotatable bonds is 5. The number of aryl methyl sites for hydroxylation is 1. The Kier molecular flexibility index (Phi) is 5.64. The molecule has 2 rings (SSSR count). The standard InChI is InChI=1S/C16H24FNO/c1-13-8-9-15(12-16(13)17)19-11-10-18-14-6-4-2-3-5-7-14/h8-9,12,14,18H,2-7,10-11H2,1H3. The second-order valence-electron chi connectivity index (χ2n) is 5.40.